The van der Waals surface area contributed by atoms with Gasteiger partial charge in [-0.05, 0) is 16.7 Å². The van der Waals surface area contributed by atoms with E-state index >= 15 is 0 Å². The molecule has 0 fully saturated rings. The number of hydrogen-bond acceptors (Lipinski definition) is 2. The first kappa shape index (κ1) is 13.3. The Labute approximate surface area is 124 Å². The molecule has 3 heteroatoms. The molecule has 2 aromatic carbocycles. The van der Waals surface area contributed by atoms with Crippen LogP contribution in [0, 0.1) is 0 Å². The fourth-order valence-corrected chi connectivity index (χ4v) is 2.27. The van der Waals surface area contributed by atoms with Crippen molar-refractivity contribution in [1.82, 2.24) is 14.8 Å². The fourth-order valence-electron chi connectivity index (χ4n) is 2.27. The number of rotatable bonds is 5. The van der Waals surface area contributed by atoms with Gasteiger partial charge in [0.1, 0.15) is 12.2 Å². The summed E-state index contributed by atoms with van der Waals surface area (Å²) in [6.07, 6.45) is 4.27. The zero-order valence-corrected chi connectivity index (χ0v) is 11.8. The summed E-state index contributed by atoms with van der Waals surface area (Å²) in [7, 11) is 0. The summed E-state index contributed by atoms with van der Waals surface area (Å²) in [5.41, 5.74) is 3.58. The van der Waals surface area contributed by atoms with Gasteiger partial charge in [0.15, 0.2) is 0 Å². The summed E-state index contributed by atoms with van der Waals surface area (Å²) in [6, 6.07) is 18.7. The predicted octanol–water partition coefficient (Wildman–Crippen LogP) is 3.56. The molecule has 0 saturated heterocycles. The summed E-state index contributed by atoms with van der Waals surface area (Å²) >= 11 is 0. The van der Waals surface area contributed by atoms with E-state index in [1.165, 1.54) is 11.1 Å². The van der Waals surface area contributed by atoms with Gasteiger partial charge < -0.3 is 0 Å². The molecule has 0 aliphatic carbocycles. The second-order valence-corrected chi connectivity index (χ2v) is 4.94. The number of aromatic nitrogens is 3. The van der Waals surface area contributed by atoms with E-state index in [2.05, 4.69) is 53.1 Å². The van der Waals surface area contributed by atoms with Crippen molar-refractivity contribution in [1.29, 1.82) is 0 Å². The van der Waals surface area contributed by atoms with Gasteiger partial charge in [-0.25, -0.2) is 9.67 Å². The average molecular weight is 275 g/mol. The van der Waals surface area contributed by atoms with E-state index in [0.29, 0.717) is 0 Å². The first-order valence-electron chi connectivity index (χ1n) is 6.97. The van der Waals surface area contributed by atoms with E-state index in [4.69, 9.17) is 0 Å². The second-order valence-electron chi connectivity index (χ2n) is 4.94. The smallest absolute Gasteiger partial charge is 0.138 e. The Morgan fingerprint density at radius 1 is 0.952 bits per heavy atom. The Hall–Kier alpha value is -2.68. The summed E-state index contributed by atoms with van der Waals surface area (Å²) in [5.74, 6) is 0.981. The highest BCUT2D eigenvalue weighted by atomic mass is 15.3. The van der Waals surface area contributed by atoms with E-state index in [-0.39, 0.29) is 0 Å². The molecule has 1 heterocycles. The van der Waals surface area contributed by atoms with E-state index in [9.17, 15) is 0 Å². The Bertz CT molecular complexity index is 712. The van der Waals surface area contributed by atoms with Crippen LogP contribution in [-0.2, 0) is 13.0 Å². The lowest BCUT2D eigenvalue weighted by Gasteiger charge is -2.07. The van der Waals surface area contributed by atoms with Crippen molar-refractivity contribution in [3.05, 3.63) is 90.0 Å². The van der Waals surface area contributed by atoms with Crippen LogP contribution in [0.1, 0.15) is 22.5 Å². The van der Waals surface area contributed by atoms with Crippen molar-refractivity contribution < 1.29 is 0 Å². The van der Waals surface area contributed by atoms with Gasteiger partial charge in [-0.15, -0.1) is 0 Å². The van der Waals surface area contributed by atoms with Crippen LogP contribution in [0.3, 0.4) is 0 Å². The third-order valence-electron chi connectivity index (χ3n) is 3.45. The van der Waals surface area contributed by atoms with Crippen molar-refractivity contribution in [2.75, 3.05) is 0 Å². The van der Waals surface area contributed by atoms with Crippen LogP contribution in [0.5, 0.6) is 0 Å². The Morgan fingerprint density at radius 3 is 2.43 bits per heavy atom. The van der Waals surface area contributed by atoms with E-state index in [1.54, 1.807) is 6.33 Å². The predicted molar refractivity (Wildman–Crippen MR) is 84.9 cm³/mol. The molecule has 0 N–H and O–H groups in total. The van der Waals surface area contributed by atoms with E-state index in [1.807, 2.05) is 29.0 Å². The van der Waals surface area contributed by atoms with Gasteiger partial charge in [0.05, 0.1) is 6.54 Å². The second kappa shape index (κ2) is 6.18. The quantitative estimate of drug-likeness (QED) is 0.713. The van der Waals surface area contributed by atoms with Crippen LogP contribution in [0.2, 0.25) is 0 Å². The molecular formula is C18H17N3. The maximum atomic E-state index is 4.38. The SMILES string of the molecule is C=Cc1ccc(Cn2ncnc2Cc2ccccc2)cc1. The molecule has 104 valence electrons. The van der Waals surface area contributed by atoms with Gasteiger partial charge in [-0.2, -0.15) is 5.10 Å². The number of nitrogens with zero attached hydrogens (tertiary/aromatic N) is 3. The topological polar surface area (TPSA) is 30.7 Å². The lowest BCUT2D eigenvalue weighted by Crippen LogP contribution is -2.07. The standard InChI is InChI=1S/C18H17N3/c1-2-15-8-10-17(11-9-15)13-21-18(19-14-20-21)12-16-6-4-3-5-7-16/h2-11,14H,1,12-13H2. The number of hydrogen-bond donors (Lipinski definition) is 0. The third kappa shape index (κ3) is 3.26. The molecule has 0 atom stereocenters. The molecule has 3 aromatic rings. The Balaban J connectivity index is 1.77. The zero-order chi connectivity index (χ0) is 14.5. The maximum Gasteiger partial charge on any atom is 0.138 e. The van der Waals surface area contributed by atoms with Crippen LogP contribution >= 0.6 is 0 Å². The van der Waals surface area contributed by atoms with E-state index in [0.717, 1.165) is 24.4 Å². The molecule has 1 aromatic heterocycles. The minimum atomic E-state index is 0.736. The third-order valence-corrected chi connectivity index (χ3v) is 3.45. The maximum absolute atomic E-state index is 4.38. The van der Waals surface area contributed by atoms with Crippen molar-refractivity contribution in [2.24, 2.45) is 0 Å². The molecule has 0 amide bonds. The average Bonchev–Trinajstić information content (AvgIpc) is 2.96. The van der Waals surface area contributed by atoms with Gasteiger partial charge in [0.2, 0.25) is 0 Å². The van der Waals surface area contributed by atoms with Crippen molar-refractivity contribution >= 4 is 6.08 Å². The molecule has 3 rings (SSSR count). The molecule has 3 nitrogen and oxygen atoms in total. The first-order chi connectivity index (χ1) is 10.3. The van der Waals surface area contributed by atoms with Crippen molar-refractivity contribution in [3.8, 4) is 0 Å². The van der Waals surface area contributed by atoms with Crippen LogP contribution in [0.25, 0.3) is 6.08 Å². The largest absolute Gasteiger partial charge is 0.245 e. The normalized spacial score (nSPS) is 10.5. The highest BCUT2D eigenvalue weighted by molar-refractivity contribution is 5.47. The zero-order valence-electron chi connectivity index (χ0n) is 11.8. The van der Waals surface area contributed by atoms with Crippen LogP contribution in [0.4, 0.5) is 0 Å². The molecule has 0 unspecified atom stereocenters. The molecule has 0 aliphatic heterocycles. The lowest BCUT2D eigenvalue weighted by atomic mass is 10.1. The van der Waals surface area contributed by atoms with E-state index < -0.39 is 0 Å². The molecular weight excluding hydrogens is 258 g/mol. The first-order valence-corrected chi connectivity index (χ1v) is 6.97. The molecule has 21 heavy (non-hydrogen) atoms. The number of benzene rings is 2. The minimum absolute atomic E-state index is 0.736. The van der Waals surface area contributed by atoms with Gasteiger partial charge in [-0.3, -0.25) is 0 Å². The van der Waals surface area contributed by atoms with Crippen LogP contribution in [-0.4, -0.2) is 14.8 Å². The highest BCUT2D eigenvalue weighted by Crippen LogP contribution is 2.10. The molecule has 0 bridgehead atoms. The van der Waals surface area contributed by atoms with Gasteiger partial charge >= 0.3 is 0 Å². The fraction of sp³-hybridized carbons (Fsp3) is 0.111. The summed E-state index contributed by atoms with van der Waals surface area (Å²) in [6.45, 7) is 4.51. The van der Waals surface area contributed by atoms with Gasteiger partial charge in [-0.1, -0.05) is 67.3 Å². The van der Waals surface area contributed by atoms with Gasteiger partial charge in [0.25, 0.3) is 0 Å². The Morgan fingerprint density at radius 2 is 1.71 bits per heavy atom. The monoisotopic (exact) mass is 275 g/mol. The molecule has 0 radical (unpaired) electrons. The molecule has 0 spiro atoms. The van der Waals surface area contributed by atoms with Crippen LogP contribution < -0.4 is 0 Å². The summed E-state index contributed by atoms with van der Waals surface area (Å²) < 4.78 is 1.95. The summed E-state index contributed by atoms with van der Waals surface area (Å²) in [4.78, 5) is 4.38. The molecule has 0 aliphatic rings. The summed E-state index contributed by atoms with van der Waals surface area (Å²) in [5, 5.41) is 4.34. The Kier molecular flexibility index (Phi) is 3.92. The minimum Gasteiger partial charge on any atom is -0.245 e. The van der Waals surface area contributed by atoms with Gasteiger partial charge in [0, 0.05) is 6.42 Å². The van der Waals surface area contributed by atoms with Crippen molar-refractivity contribution in [2.45, 2.75) is 13.0 Å². The lowest BCUT2D eigenvalue weighted by molar-refractivity contribution is 0.648. The highest BCUT2D eigenvalue weighted by Gasteiger charge is 2.06. The van der Waals surface area contributed by atoms with Crippen LogP contribution in [0.15, 0.2) is 67.5 Å². The van der Waals surface area contributed by atoms with Crippen molar-refractivity contribution in [3.63, 3.8) is 0 Å². The molecule has 0 saturated carbocycles.